The molecule has 2 aromatic heterocycles. The summed E-state index contributed by atoms with van der Waals surface area (Å²) in [4.78, 5) is 31.9. The second-order valence-corrected chi connectivity index (χ2v) is 5.61. The van der Waals surface area contributed by atoms with Gasteiger partial charge in [-0.1, -0.05) is 0 Å². The van der Waals surface area contributed by atoms with Gasteiger partial charge >= 0.3 is 5.97 Å². The van der Waals surface area contributed by atoms with Crippen LogP contribution in [0.1, 0.15) is 34.4 Å². The minimum Gasteiger partial charge on any atom is -0.466 e. The Bertz CT molecular complexity index is 677. The second kappa shape index (κ2) is 7.13. The molecule has 2 heterocycles. The molecule has 0 aliphatic rings. The number of aromatic nitrogens is 2. The van der Waals surface area contributed by atoms with Gasteiger partial charge in [-0.25, -0.2) is 9.97 Å². The van der Waals surface area contributed by atoms with E-state index in [0.29, 0.717) is 23.1 Å². The second-order valence-electron chi connectivity index (χ2n) is 4.75. The molecule has 0 spiro atoms. The number of carbonyl (C=O) groups is 2. The van der Waals surface area contributed by atoms with Crippen molar-refractivity contribution in [3.8, 4) is 0 Å². The average Bonchev–Trinajstić information content (AvgIpc) is 2.85. The number of pyridine rings is 1. The molecule has 0 radical (unpaired) electrons. The first kappa shape index (κ1) is 16.1. The largest absolute Gasteiger partial charge is 0.466 e. The first-order valence-corrected chi connectivity index (χ1v) is 7.72. The lowest BCUT2D eigenvalue weighted by Crippen LogP contribution is -2.14. The third kappa shape index (κ3) is 4.36. The Morgan fingerprint density at radius 3 is 2.73 bits per heavy atom. The number of nitrogens with zero attached hydrogens (tertiary/aromatic N) is 2. The molecule has 0 aromatic carbocycles. The molecule has 0 aliphatic heterocycles. The lowest BCUT2D eigenvalue weighted by Gasteiger charge is -2.03. The van der Waals surface area contributed by atoms with Crippen molar-refractivity contribution in [1.82, 2.24) is 9.97 Å². The van der Waals surface area contributed by atoms with Crippen molar-refractivity contribution in [2.24, 2.45) is 0 Å². The van der Waals surface area contributed by atoms with E-state index in [1.807, 2.05) is 19.9 Å². The van der Waals surface area contributed by atoms with Gasteiger partial charge < -0.3 is 4.74 Å². The summed E-state index contributed by atoms with van der Waals surface area (Å²) in [6, 6.07) is 3.62. The summed E-state index contributed by atoms with van der Waals surface area (Å²) >= 11 is 1.26. The van der Waals surface area contributed by atoms with Crippen LogP contribution in [0.5, 0.6) is 0 Å². The summed E-state index contributed by atoms with van der Waals surface area (Å²) in [5, 5.41) is 4.85. The third-order valence-electron chi connectivity index (χ3n) is 2.73. The number of esters is 1. The quantitative estimate of drug-likeness (QED) is 0.856. The van der Waals surface area contributed by atoms with Crippen molar-refractivity contribution in [3.05, 3.63) is 40.2 Å². The van der Waals surface area contributed by atoms with Crippen LogP contribution in [0, 0.1) is 13.8 Å². The van der Waals surface area contributed by atoms with Gasteiger partial charge in [-0.2, -0.15) is 0 Å². The van der Waals surface area contributed by atoms with Crippen LogP contribution >= 0.6 is 11.3 Å². The number of ether oxygens (including phenoxy) is 1. The Hall–Kier alpha value is -2.28. The van der Waals surface area contributed by atoms with Crippen LogP contribution in [0.4, 0.5) is 5.13 Å². The Morgan fingerprint density at radius 1 is 1.27 bits per heavy atom. The van der Waals surface area contributed by atoms with Gasteiger partial charge in [0.15, 0.2) is 5.13 Å². The summed E-state index contributed by atoms with van der Waals surface area (Å²) in [5.74, 6) is -0.648. The zero-order valence-electron chi connectivity index (χ0n) is 12.7. The predicted octanol–water partition coefficient (Wildman–Crippen LogP) is 2.51. The molecule has 1 amide bonds. The van der Waals surface area contributed by atoms with Gasteiger partial charge in [0.2, 0.25) is 0 Å². The highest BCUT2D eigenvalue weighted by Gasteiger charge is 2.13. The standard InChI is InChI=1S/C15H17N3O3S/c1-4-21-13(19)7-11-8-22-15(17-11)18-14(20)12-6-9(2)5-10(3)16-12/h5-6,8H,4,7H2,1-3H3,(H,17,18,20). The van der Waals surface area contributed by atoms with Gasteiger partial charge in [0.25, 0.3) is 5.91 Å². The fourth-order valence-electron chi connectivity index (χ4n) is 1.92. The highest BCUT2D eigenvalue weighted by atomic mass is 32.1. The minimum atomic E-state index is -0.332. The molecule has 0 unspecified atom stereocenters. The molecular weight excluding hydrogens is 302 g/mol. The van der Waals surface area contributed by atoms with E-state index in [1.165, 1.54) is 11.3 Å². The minimum absolute atomic E-state index is 0.0992. The normalized spacial score (nSPS) is 10.3. The first-order valence-electron chi connectivity index (χ1n) is 6.84. The summed E-state index contributed by atoms with van der Waals surface area (Å²) in [6.45, 7) is 5.84. The average molecular weight is 319 g/mol. The molecule has 6 nitrogen and oxygen atoms in total. The van der Waals surface area contributed by atoms with Gasteiger partial charge in [-0.15, -0.1) is 11.3 Å². The van der Waals surface area contributed by atoms with Crippen molar-refractivity contribution >= 4 is 28.3 Å². The fraction of sp³-hybridized carbons (Fsp3) is 0.333. The monoisotopic (exact) mass is 319 g/mol. The molecule has 0 atom stereocenters. The molecule has 1 N–H and O–H groups in total. The first-order chi connectivity index (χ1) is 10.5. The molecule has 2 rings (SSSR count). The summed E-state index contributed by atoms with van der Waals surface area (Å²) in [7, 11) is 0. The number of hydrogen-bond donors (Lipinski definition) is 1. The maximum atomic E-state index is 12.2. The molecule has 7 heteroatoms. The number of hydrogen-bond acceptors (Lipinski definition) is 6. The van der Waals surface area contributed by atoms with Crippen molar-refractivity contribution in [3.63, 3.8) is 0 Å². The number of rotatable bonds is 5. The predicted molar refractivity (Wildman–Crippen MR) is 84.1 cm³/mol. The van der Waals surface area contributed by atoms with Crippen molar-refractivity contribution < 1.29 is 14.3 Å². The SMILES string of the molecule is CCOC(=O)Cc1csc(NC(=O)c2cc(C)cc(C)n2)n1. The van der Waals surface area contributed by atoms with E-state index in [1.54, 1.807) is 18.4 Å². The van der Waals surface area contributed by atoms with Crippen LogP contribution in [0.25, 0.3) is 0 Å². The number of aryl methyl sites for hydroxylation is 2. The van der Waals surface area contributed by atoms with Crippen molar-refractivity contribution in [1.29, 1.82) is 0 Å². The van der Waals surface area contributed by atoms with E-state index in [2.05, 4.69) is 15.3 Å². The Balaban J connectivity index is 2.03. The summed E-state index contributed by atoms with van der Waals surface area (Å²) in [5.41, 5.74) is 2.68. The molecule has 0 saturated carbocycles. The Morgan fingerprint density at radius 2 is 2.05 bits per heavy atom. The molecule has 0 saturated heterocycles. The van der Waals surface area contributed by atoms with E-state index >= 15 is 0 Å². The van der Waals surface area contributed by atoms with Crippen molar-refractivity contribution in [2.75, 3.05) is 11.9 Å². The van der Waals surface area contributed by atoms with E-state index in [-0.39, 0.29) is 18.3 Å². The number of carbonyl (C=O) groups excluding carboxylic acids is 2. The molecule has 2 aromatic rings. The zero-order valence-corrected chi connectivity index (χ0v) is 13.5. The highest BCUT2D eigenvalue weighted by molar-refractivity contribution is 7.14. The molecular formula is C15H17N3O3S. The molecule has 0 bridgehead atoms. The maximum Gasteiger partial charge on any atom is 0.311 e. The zero-order chi connectivity index (χ0) is 16.1. The number of amides is 1. The van der Waals surface area contributed by atoms with E-state index < -0.39 is 0 Å². The smallest absolute Gasteiger partial charge is 0.311 e. The summed E-state index contributed by atoms with van der Waals surface area (Å²) in [6.07, 6.45) is 0.0992. The maximum absolute atomic E-state index is 12.2. The van der Waals surface area contributed by atoms with Crippen LogP contribution in [0.3, 0.4) is 0 Å². The lowest BCUT2D eigenvalue weighted by molar-refractivity contribution is -0.142. The summed E-state index contributed by atoms with van der Waals surface area (Å²) < 4.78 is 4.86. The van der Waals surface area contributed by atoms with Gasteiger partial charge in [0.1, 0.15) is 5.69 Å². The van der Waals surface area contributed by atoms with Crippen LogP contribution in [0.2, 0.25) is 0 Å². The van der Waals surface area contributed by atoms with E-state index in [0.717, 1.165) is 11.3 Å². The highest BCUT2D eigenvalue weighted by Crippen LogP contribution is 2.17. The van der Waals surface area contributed by atoms with Crippen LogP contribution < -0.4 is 5.32 Å². The van der Waals surface area contributed by atoms with Crippen LogP contribution in [-0.4, -0.2) is 28.5 Å². The van der Waals surface area contributed by atoms with Gasteiger partial charge in [-0.3, -0.25) is 14.9 Å². The molecule has 116 valence electrons. The molecule has 0 fully saturated rings. The fourth-order valence-corrected chi connectivity index (χ4v) is 2.63. The van der Waals surface area contributed by atoms with Crippen LogP contribution in [0.15, 0.2) is 17.5 Å². The van der Waals surface area contributed by atoms with Crippen molar-refractivity contribution in [2.45, 2.75) is 27.2 Å². The number of anilines is 1. The van der Waals surface area contributed by atoms with Crippen LogP contribution in [-0.2, 0) is 16.0 Å². The van der Waals surface area contributed by atoms with Gasteiger partial charge in [-0.05, 0) is 38.5 Å². The number of thiazole rings is 1. The van der Waals surface area contributed by atoms with E-state index in [4.69, 9.17) is 4.74 Å². The van der Waals surface area contributed by atoms with E-state index in [9.17, 15) is 9.59 Å². The van der Waals surface area contributed by atoms with Gasteiger partial charge in [0, 0.05) is 11.1 Å². The topological polar surface area (TPSA) is 81.2 Å². The van der Waals surface area contributed by atoms with Gasteiger partial charge in [0.05, 0.1) is 18.7 Å². The molecule has 0 aliphatic carbocycles. The Labute approximate surface area is 132 Å². The third-order valence-corrected chi connectivity index (χ3v) is 3.54. The Kier molecular flexibility index (Phi) is 5.21. The molecule has 22 heavy (non-hydrogen) atoms. The number of nitrogens with one attached hydrogen (secondary N) is 1. The lowest BCUT2D eigenvalue weighted by atomic mass is 10.2.